The first-order chi connectivity index (χ1) is 8.49. The largest absolute Gasteiger partial charge is 0.355 e. The SMILES string of the molecule is CC(C)CNC(=O)CNC(C)c1cccc(Cl)c1. The molecule has 0 aliphatic rings. The van der Waals surface area contributed by atoms with Gasteiger partial charge in [0, 0.05) is 17.6 Å². The van der Waals surface area contributed by atoms with Gasteiger partial charge in [0.05, 0.1) is 6.54 Å². The second-order valence-corrected chi connectivity index (χ2v) is 5.29. The number of rotatable bonds is 6. The Bertz CT molecular complexity index is 393. The molecule has 0 spiro atoms. The molecule has 0 radical (unpaired) electrons. The summed E-state index contributed by atoms with van der Waals surface area (Å²) in [7, 11) is 0. The highest BCUT2D eigenvalue weighted by Crippen LogP contribution is 2.16. The minimum atomic E-state index is 0.0255. The van der Waals surface area contributed by atoms with Crippen LogP contribution in [-0.2, 0) is 4.79 Å². The van der Waals surface area contributed by atoms with E-state index < -0.39 is 0 Å². The Labute approximate surface area is 114 Å². The molecule has 1 rings (SSSR count). The molecule has 0 bridgehead atoms. The van der Waals surface area contributed by atoms with Crippen LogP contribution in [0.3, 0.4) is 0 Å². The van der Waals surface area contributed by atoms with Crippen LogP contribution < -0.4 is 10.6 Å². The van der Waals surface area contributed by atoms with E-state index in [1.807, 2.05) is 31.2 Å². The highest BCUT2D eigenvalue weighted by atomic mass is 35.5. The number of carbonyl (C=O) groups excluding carboxylic acids is 1. The molecule has 1 amide bonds. The molecule has 18 heavy (non-hydrogen) atoms. The fourth-order valence-corrected chi connectivity index (χ4v) is 1.72. The van der Waals surface area contributed by atoms with E-state index in [1.165, 1.54) is 0 Å². The van der Waals surface area contributed by atoms with Gasteiger partial charge in [-0.25, -0.2) is 0 Å². The zero-order valence-electron chi connectivity index (χ0n) is 11.2. The molecule has 0 heterocycles. The zero-order valence-corrected chi connectivity index (χ0v) is 11.9. The number of amides is 1. The fourth-order valence-electron chi connectivity index (χ4n) is 1.52. The van der Waals surface area contributed by atoms with Crippen LogP contribution >= 0.6 is 11.6 Å². The number of hydrogen-bond acceptors (Lipinski definition) is 2. The standard InChI is InChI=1S/C14H21ClN2O/c1-10(2)8-17-14(18)9-16-11(3)12-5-4-6-13(15)7-12/h4-7,10-11,16H,8-9H2,1-3H3,(H,17,18). The lowest BCUT2D eigenvalue weighted by Gasteiger charge is -2.15. The molecule has 3 nitrogen and oxygen atoms in total. The van der Waals surface area contributed by atoms with Gasteiger partial charge in [0.2, 0.25) is 5.91 Å². The van der Waals surface area contributed by atoms with Crippen LogP contribution in [0.25, 0.3) is 0 Å². The number of benzene rings is 1. The van der Waals surface area contributed by atoms with Gasteiger partial charge in [-0.1, -0.05) is 37.6 Å². The van der Waals surface area contributed by atoms with E-state index in [4.69, 9.17) is 11.6 Å². The Hall–Kier alpha value is -1.06. The summed E-state index contributed by atoms with van der Waals surface area (Å²) < 4.78 is 0. The number of halogens is 1. The second kappa shape index (κ2) is 7.39. The van der Waals surface area contributed by atoms with Crippen LogP contribution in [0.1, 0.15) is 32.4 Å². The van der Waals surface area contributed by atoms with Crippen molar-refractivity contribution >= 4 is 17.5 Å². The molecule has 1 unspecified atom stereocenters. The Morgan fingerprint density at radius 2 is 2.06 bits per heavy atom. The van der Waals surface area contributed by atoms with Crippen molar-refractivity contribution in [3.8, 4) is 0 Å². The summed E-state index contributed by atoms with van der Waals surface area (Å²) in [6.45, 7) is 7.19. The third-order valence-electron chi connectivity index (χ3n) is 2.62. The van der Waals surface area contributed by atoms with Gasteiger partial charge in [0.15, 0.2) is 0 Å². The highest BCUT2D eigenvalue weighted by Gasteiger charge is 2.08. The Kier molecular flexibility index (Phi) is 6.16. The van der Waals surface area contributed by atoms with Gasteiger partial charge in [0.25, 0.3) is 0 Å². The van der Waals surface area contributed by atoms with Gasteiger partial charge in [-0.05, 0) is 30.5 Å². The van der Waals surface area contributed by atoms with Crippen LogP contribution in [0, 0.1) is 5.92 Å². The van der Waals surface area contributed by atoms with Crippen molar-refractivity contribution in [2.24, 2.45) is 5.92 Å². The fraction of sp³-hybridized carbons (Fsp3) is 0.500. The van der Waals surface area contributed by atoms with E-state index in [0.717, 1.165) is 5.56 Å². The molecule has 100 valence electrons. The number of carbonyl (C=O) groups is 1. The maximum absolute atomic E-state index is 11.6. The summed E-state index contributed by atoms with van der Waals surface area (Å²) in [5, 5.41) is 6.77. The predicted molar refractivity (Wildman–Crippen MR) is 75.7 cm³/mol. The first-order valence-corrected chi connectivity index (χ1v) is 6.62. The molecule has 2 N–H and O–H groups in total. The van der Waals surface area contributed by atoms with E-state index >= 15 is 0 Å². The molecular formula is C14H21ClN2O. The molecule has 4 heteroatoms. The topological polar surface area (TPSA) is 41.1 Å². The van der Waals surface area contributed by atoms with Gasteiger partial charge in [-0.15, -0.1) is 0 Å². The van der Waals surface area contributed by atoms with Crippen molar-refractivity contribution in [2.75, 3.05) is 13.1 Å². The van der Waals surface area contributed by atoms with Crippen molar-refractivity contribution in [3.05, 3.63) is 34.9 Å². The lowest BCUT2D eigenvalue weighted by molar-refractivity contribution is -0.120. The number of hydrogen-bond donors (Lipinski definition) is 2. The van der Waals surface area contributed by atoms with E-state index in [9.17, 15) is 4.79 Å². The molecule has 1 aromatic carbocycles. The molecule has 0 aliphatic heterocycles. The van der Waals surface area contributed by atoms with Crippen molar-refractivity contribution in [1.82, 2.24) is 10.6 Å². The summed E-state index contributed by atoms with van der Waals surface area (Å²) in [4.78, 5) is 11.6. The average molecular weight is 269 g/mol. The quantitative estimate of drug-likeness (QED) is 0.833. The smallest absolute Gasteiger partial charge is 0.233 e. The van der Waals surface area contributed by atoms with Crippen LogP contribution in [0.5, 0.6) is 0 Å². The Morgan fingerprint density at radius 1 is 1.33 bits per heavy atom. The summed E-state index contributed by atoms with van der Waals surface area (Å²) in [5.74, 6) is 0.497. The molecular weight excluding hydrogens is 248 g/mol. The van der Waals surface area contributed by atoms with E-state index in [-0.39, 0.29) is 11.9 Å². The summed E-state index contributed by atoms with van der Waals surface area (Å²) in [6, 6.07) is 7.76. The van der Waals surface area contributed by atoms with Crippen molar-refractivity contribution in [3.63, 3.8) is 0 Å². The first kappa shape index (κ1) is 15.0. The van der Waals surface area contributed by atoms with Gasteiger partial charge >= 0.3 is 0 Å². The lowest BCUT2D eigenvalue weighted by Crippen LogP contribution is -2.36. The maximum atomic E-state index is 11.6. The third-order valence-corrected chi connectivity index (χ3v) is 2.86. The van der Waals surface area contributed by atoms with E-state index in [0.29, 0.717) is 24.0 Å². The predicted octanol–water partition coefficient (Wildman–Crippen LogP) is 2.76. The molecule has 0 saturated heterocycles. The summed E-state index contributed by atoms with van der Waals surface area (Å²) >= 11 is 5.93. The van der Waals surface area contributed by atoms with Crippen LogP contribution in [0.4, 0.5) is 0 Å². The summed E-state index contributed by atoms with van der Waals surface area (Å²) in [5.41, 5.74) is 1.08. The van der Waals surface area contributed by atoms with Crippen LogP contribution in [-0.4, -0.2) is 19.0 Å². The lowest BCUT2D eigenvalue weighted by atomic mass is 10.1. The molecule has 1 atom stereocenters. The average Bonchev–Trinajstić information content (AvgIpc) is 2.33. The highest BCUT2D eigenvalue weighted by molar-refractivity contribution is 6.30. The minimum Gasteiger partial charge on any atom is -0.355 e. The number of nitrogens with one attached hydrogen (secondary N) is 2. The van der Waals surface area contributed by atoms with Gasteiger partial charge in [-0.2, -0.15) is 0 Å². The van der Waals surface area contributed by atoms with Crippen LogP contribution in [0.15, 0.2) is 24.3 Å². The van der Waals surface area contributed by atoms with Gasteiger partial charge in [-0.3, -0.25) is 4.79 Å². The minimum absolute atomic E-state index is 0.0255. The maximum Gasteiger partial charge on any atom is 0.233 e. The molecule has 0 aliphatic carbocycles. The molecule has 1 aromatic rings. The molecule has 0 aromatic heterocycles. The molecule has 0 saturated carbocycles. The van der Waals surface area contributed by atoms with E-state index in [1.54, 1.807) is 0 Å². The summed E-state index contributed by atoms with van der Waals surface area (Å²) in [6.07, 6.45) is 0. The van der Waals surface area contributed by atoms with Crippen molar-refractivity contribution < 1.29 is 4.79 Å². The second-order valence-electron chi connectivity index (χ2n) is 4.86. The first-order valence-electron chi connectivity index (χ1n) is 6.24. The van der Waals surface area contributed by atoms with Gasteiger partial charge in [0.1, 0.15) is 0 Å². The Morgan fingerprint density at radius 3 is 2.67 bits per heavy atom. The normalized spacial score (nSPS) is 12.5. The zero-order chi connectivity index (χ0) is 13.5. The Balaban J connectivity index is 2.37. The third kappa shape index (κ3) is 5.52. The van der Waals surface area contributed by atoms with Crippen molar-refractivity contribution in [2.45, 2.75) is 26.8 Å². The van der Waals surface area contributed by atoms with Crippen molar-refractivity contribution in [1.29, 1.82) is 0 Å². The monoisotopic (exact) mass is 268 g/mol. The molecule has 0 fully saturated rings. The van der Waals surface area contributed by atoms with Crippen LogP contribution in [0.2, 0.25) is 5.02 Å². The van der Waals surface area contributed by atoms with E-state index in [2.05, 4.69) is 24.5 Å². The van der Waals surface area contributed by atoms with Gasteiger partial charge < -0.3 is 10.6 Å².